The van der Waals surface area contributed by atoms with Crippen molar-refractivity contribution >= 4 is 23.2 Å². The Kier molecular flexibility index (Phi) is 7.23. The summed E-state index contributed by atoms with van der Waals surface area (Å²) >= 11 is 12.0. The lowest BCUT2D eigenvalue weighted by molar-refractivity contribution is 0.0602. The molecule has 0 aliphatic carbocycles. The van der Waals surface area contributed by atoms with E-state index in [2.05, 4.69) is 0 Å². The zero-order valence-electron chi connectivity index (χ0n) is 15.1. The van der Waals surface area contributed by atoms with Gasteiger partial charge in [-0.3, -0.25) is 4.90 Å². The molecule has 1 aromatic heterocycles. The van der Waals surface area contributed by atoms with Gasteiger partial charge in [-0.1, -0.05) is 41.4 Å². The van der Waals surface area contributed by atoms with Gasteiger partial charge < -0.3 is 19.4 Å². The number of ether oxygens (including phenoxy) is 1. The van der Waals surface area contributed by atoms with E-state index in [0.717, 1.165) is 11.3 Å². The van der Waals surface area contributed by atoms with E-state index in [0.29, 0.717) is 35.4 Å². The van der Waals surface area contributed by atoms with Crippen LogP contribution in [0.15, 0.2) is 65.3 Å². The molecule has 0 aliphatic rings. The predicted octanol–water partition coefficient (Wildman–Crippen LogP) is 4.73. The number of furan rings is 1. The summed E-state index contributed by atoms with van der Waals surface area (Å²) in [6, 6.07) is 15.7. The van der Waals surface area contributed by atoms with Crippen molar-refractivity contribution in [2.24, 2.45) is 0 Å². The van der Waals surface area contributed by atoms with Gasteiger partial charge in [-0.25, -0.2) is 0 Å². The summed E-state index contributed by atoms with van der Waals surface area (Å²) < 4.78 is 11.0. The van der Waals surface area contributed by atoms with Crippen molar-refractivity contribution in [1.82, 2.24) is 4.90 Å². The van der Waals surface area contributed by atoms with Gasteiger partial charge in [0.15, 0.2) is 0 Å². The van der Waals surface area contributed by atoms with Crippen LogP contribution in [0.4, 0.5) is 0 Å². The molecule has 0 amide bonds. The summed E-state index contributed by atoms with van der Waals surface area (Å²) in [7, 11) is 0. The molecule has 3 rings (SSSR count). The Morgan fingerprint density at radius 3 is 2.61 bits per heavy atom. The highest BCUT2D eigenvalue weighted by Gasteiger charge is 2.17. The van der Waals surface area contributed by atoms with E-state index in [1.165, 1.54) is 0 Å². The molecule has 28 heavy (non-hydrogen) atoms. The number of phenolic OH excluding ortho intramolecular Hbond substituents is 1. The second-order valence-corrected chi connectivity index (χ2v) is 7.26. The van der Waals surface area contributed by atoms with Gasteiger partial charge >= 0.3 is 0 Å². The SMILES string of the molecule is Oc1ccccc1CN(Cc1ccco1)C[C@H](O)COc1cc(Cl)ccc1Cl. The van der Waals surface area contributed by atoms with E-state index in [1.54, 1.807) is 36.6 Å². The first kappa shape index (κ1) is 20.6. The van der Waals surface area contributed by atoms with Crippen molar-refractivity contribution in [2.45, 2.75) is 19.2 Å². The molecule has 1 atom stereocenters. The van der Waals surface area contributed by atoms with Crippen LogP contribution < -0.4 is 4.74 Å². The van der Waals surface area contributed by atoms with Gasteiger partial charge in [-0.2, -0.15) is 0 Å². The zero-order chi connectivity index (χ0) is 19.9. The van der Waals surface area contributed by atoms with Crippen molar-refractivity contribution in [1.29, 1.82) is 0 Å². The highest BCUT2D eigenvalue weighted by molar-refractivity contribution is 6.34. The van der Waals surface area contributed by atoms with E-state index < -0.39 is 6.10 Å². The maximum atomic E-state index is 10.5. The second kappa shape index (κ2) is 9.85. The van der Waals surface area contributed by atoms with Crippen LogP contribution in [0.25, 0.3) is 0 Å². The largest absolute Gasteiger partial charge is 0.508 e. The third kappa shape index (κ3) is 5.91. The van der Waals surface area contributed by atoms with Crippen LogP contribution in [-0.2, 0) is 13.1 Å². The number of halogens is 2. The smallest absolute Gasteiger partial charge is 0.139 e. The average molecular weight is 422 g/mol. The van der Waals surface area contributed by atoms with E-state index in [-0.39, 0.29) is 12.4 Å². The first-order valence-electron chi connectivity index (χ1n) is 8.79. The van der Waals surface area contributed by atoms with Crippen molar-refractivity contribution in [3.63, 3.8) is 0 Å². The number of rotatable bonds is 9. The molecule has 5 nitrogen and oxygen atoms in total. The zero-order valence-corrected chi connectivity index (χ0v) is 16.6. The second-order valence-electron chi connectivity index (χ2n) is 6.42. The third-order valence-electron chi connectivity index (χ3n) is 4.14. The molecule has 2 aromatic carbocycles. The van der Waals surface area contributed by atoms with Gasteiger partial charge in [-0.05, 0) is 30.3 Å². The van der Waals surface area contributed by atoms with E-state index in [1.807, 2.05) is 29.2 Å². The molecule has 3 aromatic rings. The van der Waals surface area contributed by atoms with Gasteiger partial charge in [0.25, 0.3) is 0 Å². The van der Waals surface area contributed by atoms with Crippen molar-refractivity contribution in [3.05, 3.63) is 82.2 Å². The maximum absolute atomic E-state index is 10.5. The Morgan fingerprint density at radius 2 is 1.86 bits per heavy atom. The topological polar surface area (TPSA) is 66.1 Å². The first-order valence-corrected chi connectivity index (χ1v) is 9.54. The fourth-order valence-corrected chi connectivity index (χ4v) is 3.15. The number of phenols is 1. The van der Waals surface area contributed by atoms with Gasteiger partial charge in [0.05, 0.1) is 17.8 Å². The van der Waals surface area contributed by atoms with Crippen LogP contribution in [0, 0.1) is 0 Å². The first-order chi connectivity index (χ1) is 13.5. The van der Waals surface area contributed by atoms with Crippen LogP contribution in [-0.4, -0.2) is 34.4 Å². The third-order valence-corrected chi connectivity index (χ3v) is 4.69. The molecule has 0 aliphatic heterocycles. The van der Waals surface area contributed by atoms with Gasteiger partial charge in [0, 0.05) is 29.7 Å². The molecular formula is C21H21Cl2NO4. The number of aliphatic hydroxyl groups excluding tert-OH is 1. The van der Waals surface area contributed by atoms with Crippen molar-refractivity contribution in [2.75, 3.05) is 13.2 Å². The van der Waals surface area contributed by atoms with E-state index in [4.69, 9.17) is 32.4 Å². The monoisotopic (exact) mass is 421 g/mol. The summed E-state index contributed by atoms with van der Waals surface area (Å²) in [4.78, 5) is 1.97. The van der Waals surface area contributed by atoms with Gasteiger partial charge in [0.2, 0.25) is 0 Å². The minimum Gasteiger partial charge on any atom is -0.508 e. The Bertz CT molecular complexity index is 886. The van der Waals surface area contributed by atoms with Crippen LogP contribution in [0.1, 0.15) is 11.3 Å². The van der Waals surface area contributed by atoms with Gasteiger partial charge in [0.1, 0.15) is 30.0 Å². The molecule has 0 saturated heterocycles. The number of aliphatic hydroxyl groups is 1. The Morgan fingerprint density at radius 1 is 1.04 bits per heavy atom. The molecule has 0 fully saturated rings. The lowest BCUT2D eigenvalue weighted by atomic mass is 10.1. The number of nitrogens with zero attached hydrogens (tertiary/aromatic N) is 1. The number of aromatic hydroxyl groups is 1. The molecule has 148 valence electrons. The van der Waals surface area contributed by atoms with Crippen molar-refractivity contribution < 1.29 is 19.4 Å². The lowest BCUT2D eigenvalue weighted by Crippen LogP contribution is -2.35. The normalized spacial score (nSPS) is 12.3. The highest BCUT2D eigenvalue weighted by Crippen LogP contribution is 2.28. The summed E-state index contributed by atoms with van der Waals surface area (Å²) in [5.41, 5.74) is 0.764. The number of hydrogen-bond acceptors (Lipinski definition) is 5. The molecule has 0 unspecified atom stereocenters. The minimum atomic E-state index is -0.782. The van der Waals surface area contributed by atoms with E-state index in [9.17, 15) is 10.2 Å². The molecule has 7 heteroatoms. The lowest BCUT2D eigenvalue weighted by Gasteiger charge is -2.25. The fraction of sp³-hybridized carbons (Fsp3) is 0.238. The summed E-state index contributed by atoms with van der Waals surface area (Å²) in [5.74, 6) is 1.40. The molecule has 0 bridgehead atoms. The molecule has 0 spiro atoms. The molecular weight excluding hydrogens is 401 g/mol. The molecule has 2 N–H and O–H groups in total. The number of benzene rings is 2. The summed E-state index contributed by atoms with van der Waals surface area (Å²) in [6.07, 6.45) is 0.824. The minimum absolute atomic E-state index is 0.0511. The standard InChI is InChI=1S/C21H21Cl2NO4/c22-16-7-8-19(23)21(10-16)28-14-17(25)12-24(13-18-5-3-9-27-18)11-15-4-1-2-6-20(15)26/h1-10,17,25-26H,11-14H2/t17-/m0/s1. The van der Waals surface area contributed by atoms with Crippen LogP contribution in [0.2, 0.25) is 10.0 Å². The molecule has 0 saturated carbocycles. The van der Waals surface area contributed by atoms with Crippen molar-refractivity contribution in [3.8, 4) is 11.5 Å². The van der Waals surface area contributed by atoms with Crippen LogP contribution >= 0.6 is 23.2 Å². The molecule has 0 radical (unpaired) electrons. The molecule has 1 heterocycles. The quantitative estimate of drug-likeness (QED) is 0.522. The predicted molar refractivity (Wildman–Crippen MR) is 109 cm³/mol. The Hall–Kier alpha value is -2.18. The number of hydrogen-bond donors (Lipinski definition) is 2. The Balaban J connectivity index is 1.64. The summed E-state index contributed by atoms with van der Waals surface area (Å²) in [6.45, 7) is 1.29. The van der Waals surface area contributed by atoms with Gasteiger partial charge in [-0.15, -0.1) is 0 Å². The summed E-state index contributed by atoms with van der Waals surface area (Å²) in [5, 5.41) is 21.5. The number of para-hydroxylation sites is 1. The Labute approximate surface area is 173 Å². The van der Waals surface area contributed by atoms with Crippen LogP contribution in [0.3, 0.4) is 0 Å². The van der Waals surface area contributed by atoms with Crippen LogP contribution in [0.5, 0.6) is 11.5 Å². The highest BCUT2D eigenvalue weighted by atomic mass is 35.5. The fourth-order valence-electron chi connectivity index (χ4n) is 2.82. The maximum Gasteiger partial charge on any atom is 0.139 e. The van der Waals surface area contributed by atoms with E-state index >= 15 is 0 Å². The average Bonchev–Trinajstić information content (AvgIpc) is 3.17.